The molecule has 7 heteroatoms. The quantitative estimate of drug-likeness (QED) is 0.695. The van der Waals surface area contributed by atoms with Gasteiger partial charge < -0.3 is 20.9 Å². The predicted octanol–water partition coefficient (Wildman–Crippen LogP) is 1.35. The van der Waals surface area contributed by atoms with Crippen LogP contribution in [0.2, 0.25) is 0 Å². The van der Waals surface area contributed by atoms with E-state index in [0.717, 1.165) is 13.1 Å². The van der Waals surface area contributed by atoms with E-state index >= 15 is 0 Å². The van der Waals surface area contributed by atoms with Crippen molar-refractivity contribution >= 4 is 11.6 Å². The van der Waals surface area contributed by atoms with Crippen molar-refractivity contribution in [2.75, 3.05) is 37.9 Å². The van der Waals surface area contributed by atoms with Crippen LogP contribution in [0.4, 0.5) is 11.6 Å². The molecule has 1 aromatic heterocycles. The Morgan fingerprint density at radius 3 is 2.10 bits per heavy atom. The lowest BCUT2D eigenvalue weighted by Gasteiger charge is -2.19. The summed E-state index contributed by atoms with van der Waals surface area (Å²) in [7, 11) is 0. The number of hydrogen-bond acceptors (Lipinski definition) is 7. The molecule has 0 aromatic carbocycles. The second-order valence-corrected chi connectivity index (χ2v) is 4.89. The molecule has 114 valence electrons. The van der Waals surface area contributed by atoms with Crippen molar-refractivity contribution in [3.8, 4) is 11.8 Å². The summed E-state index contributed by atoms with van der Waals surface area (Å²) in [6.45, 7) is 10.9. The van der Waals surface area contributed by atoms with Gasteiger partial charge in [0.25, 0.3) is 0 Å². The van der Waals surface area contributed by atoms with Crippen molar-refractivity contribution in [2.45, 2.75) is 27.7 Å². The first-order valence-corrected chi connectivity index (χ1v) is 6.88. The third kappa shape index (κ3) is 4.73. The van der Waals surface area contributed by atoms with Gasteiger partial charge in [0, 0.05) is 0 Å². The summed E-state index contributed by atoms with van der Waals surface area (Å²) in [6.07, 6.45) is 0. The van der Waals surface area contributed by atoms with E-state index in [-0.39, 0.29) is 23.4 Å². The van der Waals surface area contributed by atoms with Crippen LogP contribution in [0.1, 0.15) is 27.7 Å². The van der Waals surface area contributed by atoms with Gasteiger partial charge in [0.15, 0.2) is 5.69 Å². The van der Waals surface area contributed by atoms with Crippen LogP contribution in [0.5, 0.6) is 11.8 Å². The third-order valence-electron chi connectivity index (χ3n) is 2.72. The summed E-state index contributed by atoms with van der Waals surface area (Å²) >= 11 is 0. The van der Waals surface area contributed by atoms with Crippen molar-refractivity contribution in [1.29, 1.82) is 0 Å². The van der Waals surface area contributed by atoms with E-state index < -0.39 is 0 Å². The number of nitrogens with zero attached hydrogens (tertiary/aromatic N) is 3. The Morgan fingerprint density at radius 2 is 1.60 bits per heavy atom. The van der Waals surface area contributed by atoms with Gasteiger partial charge in [-0.05, 0) is 19.0 Å². The van der Waals surface area contributed by atoms with Gasteiger partial charge in [0.05, 0.1) is 6.61 Å². The molecule has 1 heterocycles. The van der Waals surface area contributed by atoms with Gasteiger partial charge in [-0.25, -0.2) is 0 Å². The maximum absolute atomic E-state index is 5.96. The van der Waals surface area contributed by atoms with Crippen molar-refractivity contribution < 1.29 is 9.47 Å². The fourth-order valence-corrected chi connectivity index (χ4v) is 1.47. The van der Waals surface area contributed by atoms with Crippen LogP contribution in [-0.4, -0.2) is 41.3 Å². The topological polar surface area (TPSA) is 99.5 Å². The normalized spacial score (nSPS) is 11.1. The van der Waals surface area contributed by atoms with Gasteiger partial charge >= 0.3 is 0 Å². The molecular formula is C13H25N5O2. The van der Waals surface area contributed by atoms with Gasteiger partial charge in [-0.15, -0.1) is 0 Å². The maximum atomic E-state index is 5.96. The van der Waals surface area contributed by atoms with Gasteiger partial charge in [-0.1, -0.05) is 27.7 Å². The van der Waals surface area contributed by atoms with E-state index in [1.165, 1.54) is 0 Å². The van der Waals surface area contributed by atoms with E-state index in [4.69, 9.17) is 20.9 Å². The number of anilines is 2. The minimum absolute atomic E-state index is 0.0903. The molecule has 0 spiro atoms. The summed E-state index contributed by atoms with van der Waals surface area (Å²) in [6, 6.07) is 0. The van der Waals surface area contributed by atoms with Crippen LogP contribution >= 0.6 is 0 Å². The summed E-state index contributed by atoms with van der Waals surface area (Å²) in [5, 5.41) is 0. The fourth-order valence-electron chi connectivity index (χ4n) is 1.47. The Balaban J connectivity index is 2.80. The standard InChI is InChI=1S/C13H25N5O2/c1-5-18(6-2)8-20-12-10(14)11(16-13(15)17-12)19-7-9(3)4/h9H,5-8,14H2,1-4H3,(H2,15,16,17). The molecule has 0 aliphatic heterocycles. The molecule has 0 aliphatic rings. The maximum Gasteiger partial charge on any atom is 0.247 e. The van der Waals surface area contributed by atoms with Crippen molar-refractivity contribution in [3.05, 3.63) is 0 Å². The highest BCUT2D eigenvalue weighted by Crippen LogP contribution is 2.29. The third-order valence-corrected chi connectivity index (χ3v) is 2.72. The average molecular weight is 283 g/mol. The number of hydrogen-bond donors (Lipinski definition) is 2. The lowest BCUT2D eigenvalue weighted by atomic mass is 10.2. The second kappa shape index (κ2) is 7.74. The smallest absolute Gasteiger partial charge is 0.247 e. The minimum atomic E-state index is 0.0903. The van der Waals surface area contributed by atoms with E-state index in [9.17, 15) is 0 Å². The van der Waals surface area contributed by atoms with Crippen LogP contribution in [-0.2, 0) is 0 Å². The van der Waals surface area contributed by atoms with Crippen LogP contribution < -0.4 is 20.9 Å². The van der Waals surface area contributed by atoms with E-state index in [0.29, 0.717) is 19.3 Å². The summed E-state index contributed by atoms with van der Waals surface area (Å²) in [5.74, 6) is 1.00. The number of aromatic nitrogens is 2. The molecule has 0 radical (unpaired) electrons. The molecule has 0 aliphatic carbocycles. The number of nitrogen functional groups attached to an aromatic ring is 2. The SMILES string of the molecule is CCN(CC)COc1nc(N)nc(OCC(C)C)c1N. The van der Waals surface area contributed by atoms with Gasteiger partial charge in [0.1, 0.15) is 6.73 Å². The molecule has 4 N–H and O–H groups in total. The largest absolute Gasteiger partial charge is 0.476 e. The lowest BCUT2D eigenvalue weighted by Crippen LogP contribution is -2.28. The summed E-state index contributed by atoms with van der Waals surface area (Å²) < 4.78 is 11.1. The highest BCUT2D eigenvalue weighted by molar-refractivity contribution is 5.58. The predicted molar refractivity (Wildman–Crippen MR) is 79.6 cm³/mol. The van der Waals surface area contributed by atoms with E-state index in [1.807, 2.05) is 13.8 Å². The molecule has 0 amide bonds. The molecule has 20 heavy (non-hydrogen) atoms. The minimum Gasteiger partial charge on any atom is -0.476 e. The van der Waals surface area contributed by atoms with Crippen LogP contribution in [0.15, 0.2) is 0 Å². The first-order chi connectivity index (χ1) is 9.47. The van der Waals surface area contributed by atoms with Crippen LogP contribution in [0.3, 0.4) is 0 Å². The molecular weight excluding hydrogens is 258 g/mol. The van der Waals surface area contributed by atoms with Gasteiger partial charge in [-0.2, -0.15) is 9.97 Å². The summed E-state index contributed by atoms with van der Waals surface area (Å²) in [5.41, 5.74) is 11.9. The second-order valence-electron chi connectivity index (χ2n) is 4.89. The number of rotatable bonds is 8. The van der Waals surface area contributed by atoms with Crippen LogP contribution in [0.25, 0.3) is 0 Å². The lowest BCUT2D eigenvalue weighted by molar-refractivity contribution is 0.133. The Hall–Kier alpha value is -1.76. The number of ether oxygens (including phenoxy) is 2. The van der Waals surface area contributed by atoms with E-state index in [2.05, 4.69) is 28.7 Å². The molecule has 0 saturated heterocycles. The molecule has 1 aromatic rings. The zero-order chi connectivity index (χ0) is 15.1. The number of nitrogens with two attached hydrogens (primary N) is 2. The average Bonchev–Trinajstić information content (AvgIpc) is 2.41. The zero-order valence-electron chi connectivity index (χ0n) is 12.7. The highest BCUT2D eigenvalue weighted by Gasteiger charge is 2.14. The molecule has 7 nitrogen and oxygen atoms in total. The van der Waals surface area contributed by atoms with Crippen molar-refractivity contribution in [3.63, 3.8) is 0 Å². The Kier molecular flexibility index (Phi) is 6.30. The first-order valence-electron chi connectivity index (χ1n) is 6.88. The Morgan fingerprint density at radius 1 is 1.05 bits per heavy atom. The van der Waals surface area contributed by atoms with Crippen molar-refractivity contribution in [2.24, 2.45) is 5.92 Å². The molecule has 0 saturated carbocycles. The molecule has 0 fully saturated rings. The van der Waals surface area contributed by atoms with Crippen LogP contribution in [0, 0.1) is 5.92 Å². The zero-order valence-corrected chi connectivity index (χ0v) is 12.7. The summed E-state index contributed by atoms with van der Waals surface area (Å²) in [4.78, 5) is 10.1. The Bertz CT molecular complexity index is 421. The van der Waals surface area contributed by atoms with Crippen molar-refractivity contribution in [1.82, 2.24) is 14.9 Å². The monoisotopic (exact) mass is 283 g/mol. The van der Waals surface area contributed by atoms with E-state index in [1.54, 1.807) is 0 Å². The molecule has 0 bridgehead atoms. The van der Waals surface area contributed by atoms with Gasteiger partial charge in [0.2, 0.25) is 17.7 Å². The fraction of sp³-hybridized carbons (Fsp3) is 0.692. The van der Waals surface area contributed by atoms with Gasteiger partial charge in [-0.3, -0.25) is 4.90 Å². The highest BCUT2D eigenvalue weighted by atomic mass is 16.5. The molecule has 0 unspecified atom stereocenters. The first kappa shape index (κ1) is 16.3. The molecule has 0 atom stereocenters. The Labute approximate surface area is 120 Å². The molecule has 1 rings (SSSR count).